The van der Waals surface area contributed by atoms with Crippen molar-refractivity contribution in [2.45, 2.75) is 0 Å². The Kier molecular flexibility index (Phi) is 7.10. The van der Waals surface area contributed by atoms with Gasteiger partial charge in [-0.05, 0) is 124 Å². The summed E-state index contributed by atoms with van der Waals surface area (Å²) in [4.78, 5) is 4.57. The van der Waals surface area contributed by atoms with E-state index in [9.17, 15) is 0 Å². The SMILES string of the molecule is c1ccc(-c2cccc(-c3ccc4oc5ccc(-c6cccc(-n7c8ccccc8c8cc(-c9ccc%10sc%11ccccc%11c%10c9)ccc87)c6)cc5c4c3)c2)nc1. The van der Waals surface area contributed by atoms with Crippen LogP contribution < -0.4 is 0 Å². The smallest absolute Gasteiger partial charge is 0.135 e. The molecule has 0 spiro atoms. The van der Waals surface area contributed by atoms with E-state index in [1.807, 2.05) is 35.7 Å². The number of nitrogens with zero attached hydrogens (tertiary/aromatic N) is 2. The summed E-state index contributed by atoms with van der Waals surface area (Å²) in [7, 11) is 0. The molecule has 0 saturated carbocycles. The van der Waals surface area contributed by atoms with Gasteiger partial charge in [0.1, 0.15) is 11.2 Å². The molecule has 0 amide bonds. The number of aromatic nitrogens is 2. The molecule has 0 aliphatic carbocycles. The molecule has 0 N–H and O–H groups in total. The van der Waals surface area contributed by atoms with E-state index in [0.717, 1.165) is 61.1 Å². The molecule has 12 rings (SSSR count). The van der Waals surface area contributed by atoms with Gasteiger partial charge >= 0.3 is 0 Å². The van der Waals surface area contributed by atoms with Crippen molar-refractivity contribution < 1.29 is 4.42 Å². The maximum Gasteiger partial charge on any atom is 0.135 e. The molecule has 57 heavy (non-hydrogen) atoms. The molecular formula is C53H32N2OS. The van der Waals surface area contributed by atoms with Crippen molar-refractivity contribution in [2.75, 3.05) is 0 Å². The first-order valence-corrected chi connectivity index (χ1v) is 20.1. The van der Waals surface area contributed by atoms with E-state index in [2.05, 4.69) is 179 Å². The summed E-state index contributed by atoms with van der Waals surface area (Å²) in [5, 5.41) is 7.35. The molecule has 0 saturated heterocycles. The van der Waals surface area contributed by atoms with Gasteiger partial charge in [-0.3, -0.25) is 4.98 Å². The van der Waals surface area contributed by atoms with Crippen molar-refractivity contribution >= 4 is 75.3 Å². The number of furan rings is 1. The van der Waals surface area contributed by atoms with Gasteiger partial charge in [0, 0.05) is 59.2 Å². The van der Waals surface area contributed by atoms with Crippen molar-refractivity contribution in [3.8, 4) is 50.3 Å². The van der Waals surface area contributed by atoms with E-state index in [0.29, 0.717) is 0 Å². The lowest BCUT2D eigenvalue weighted by Crippen LogP contribution is -1.94. The Balaban J connectivity index is 0.944. The third kappa shape index (κ3) is 5.22. The topological polar surface area (TPSA) is 31.0 Å². The fraction of sp³-hybridized carbons (Fsp3) is 0. The minimum atomic E-state index is 0.883. The number of rotatable bonds is 5. The highest BCUT2D eigenvalue weighted by molar-refractivity contribution is 7.25. The van der Waals surface area contributed by atoms with Crippen molar-refractivity contribution in [1.29, 1.82) is 0 Å². The number of benzene rings is 8. The predicted octanol–water partition coefficient (Wildman–Crippen LogP) is 15.1. The zero-order valence-electron chi connectivity index (χ0n) is 30.7. The van der Waals surface area contributed by atoms with Gasteiger partial charge in [-0.25, -0.2) is 0 Å². The van der Waals surface area contributed by atoms with E-state index in [4.69, 9.17) is 4.42 Å². The second-order valence-electron chi connectivity index (χ2n) is 14.8. The Hall–Kier alpha value is -7.27. The third-order valence-corrected chi connectivity index (χ3v) is 12.6. The molecule has 0 unspecified atom stereocenters. The fourth-order valence-corrected chi connectivity index (χ4v) is 9.78. The minimum absolute atomic E-state index is 0.883. The first kappa shape index (κ1) is 32.0. The van der Waals surface area contributed by atoms with Gasteiger partial charge in [-0.1, -0.05) is 97.1 Å². The number of pyridine rings is 1. The minimum Gasteiger partial charge on any atom is -0.456 e. The average Bonchev–Trinajstić information content (AvgIpc) is 3.95. The highest BCUT2D eigenvalue weighted by Gasteiger charge is 2.16. The van der Waals surface area contributed by atoms with Gasteiger partial charge in [0.15, 0.2) is 0 Å². The quantitative estimate of drug-likeness (QED) is 0.176. The zero-order valence-corrected chi connectivity index (χ0v) is 31.5. The number of fused-ring (bicyclic) bond motifs is 9. The van der Waals surface area contributed by atoms with Crippen LogP contribution in [0.3, 0.4) is 0 Å². The molecule has 266 valence electrons. The first-order valence-electron chi connectivity index (χ1n) is 19.3. The van der Waals surface area contributed by atoms with Crippen LogP contribution in [0.25, 0.3) is 114 Å². The van der Waals surface area contributed by atoms with Crippen LogP contribution in [0.5, 0.6) is 0 Å². The maximum atomic E-state index is 6.37. The van der Waals surface area contributed by atoms with Crippen LogP contribution in [-0.2, 0) is 0 Å². The third-order valence-electron chi connectivity index (χ3n) is 11.4. The number of hydrogen-bond donors (Lipinski definition) is 0. The Morgan fingerprint density at radius 1 is 0.368 bits per heavy atom. The normalized spacial score (nSPS) is 11.9. The molecule has 4 heterocycles. The molecule has 0 aliphatic heterocycles. The van der Waals surface area contributed by atoms with E-state index >= 15 is 0 Å². The van der Waals surface area contributed by atoms with E-state index in [1.165, 1.54) is 53.1 Å². The molecule has 12 aromatic rings. The van der Waals surface area contributed by atoms with Crippen LogP contribution in [0.2, 0.25) is 0 Å². The predicted molar refractivity (Wildman–Crippen MR) is 240 cm³/mol. The Morgan fingerprint density at radius 2 is 0.947 bits per heavy atom. The van der Waals surface area contributed by atoms with Crippen LogP contribution in [0.4, 0.5) is 0 Å². The van der Waals surface area contributed by atoms with Gasteiger partial charge < -0.3 is 8.98 Å². The molecule has 3 nitrogen and oxygen atoms in total. The molecular weight excluding hydrogens is 713 g/mol. The van der Waals surface area contributed by atoms with Gasteiger partial charge in [0.05, 0.1) is 16.7 Å². The fourth-order valence-electron chi connectivity index (χ4n) is 8.69. The Morgan fingerprint density at radius 3 is 1.74 bits per heavy atom. The summed E-state index contributed by atoms with van der Waals surface area (Å²) >= 11 is 1.86. The Labute approximate surface area is 332 Å². The second-order valence-corrected chi connectivity index (χ2v) is 15.8. The highest BCUT2D eigenvalue weighted by atomic mass is 32.1. The van der Waals surface area contributed by atoms with Crippen molar-refractivity contribution in [1.82, 2.24) is 9.55 Å². The van der Waals surface area contributed by atoms with E-state index < -0.39 is 0 Å². The standard InChI is InChI=1S/C53H32N2OS/c1-3-16-48-41(13-1)43-29-35(38-21-25-53-46(32-38)42-14-2-4-17-52(42)57-53)18-22-49(43)55(48)40-12-8-10-34(28-40)37-20-24-51-45(31-37)44-30-36(19-23-50(44)56-51)33-9-7-11-39(27-33)47-15-5-6-26-54-47/h1-32H. The number of para-hydroxylation sites is 1. The monoisotopic (exact) mass is 744 g/mol. The lowest BCUT2D eigenvalue weighted by molar-refractivity contribution is 0.669. The summed E-state index contributed by atoms with van der Waals surface area (Å²) in [5.74, 6) is 0. The van der Waals surface area contributed by atoms with Crippen LogP contribution in [0.1, 0.15) is 0 Å². The van der Waals surface area contributed by atoms with E-state index in [1.54, 1.807) is 0 Å². The van der Waals surface area contributed by atoms with Crippen molar-refractivity contribution in [3.05, 3.63) is 194 Å². The van der Waals surface area contributed by atoms with E-state index in [-0.39, 0.29) is 0 Å². The van der Waals surface area contributed by atoms with Gasteiger partial charge in [-0.2, -0.15) is 0 Å². The first-order chi connectivity index (χ1) is 28.2. The van der Waals surface area contributed by atoms with Crippen LogP contribution >= 0.6 is 11.3 Å². The van der Waals surface area contributed by atoms with Crippen molar-refractivity contribution in [2.24, 2.45) is 0 Å². The summed E-state index contributed by atoms with van der Waals surface area (Å²) < 4.78 is 11.4. The van der Waals surface area contributed by atoms with Gasteiger partial charge in [0.25, 0.3) is 0 Å². The Bertz CT molecular complexity index is 3530. The number of thiophene rings is 1. The molecule has 0 radical (unpaired) electrons. The molecule has 4 aromatic heterocycles. The highest BCUT2D eigenvalue weighted by Crippen LogP contribution is 2.40. The summed E-state index contributed by atoms with van der Waals surface area (Å²) in [5.41, 5.74) is 14.4. The summed E-state index contributed by atoms with van der Waals surface area (Å²) in [6.07, 6.45) is 1.84. The molecule has 8 aromatic carbocycles. The average molecular weight is 745 g/mol. The molecule has 0 fully saturated rings. The lowest BCUT2D eigenvalue weighted by atomic mass is 9.98. The molecule has 4 heteroatoms. The maximum absolute atomic E-state index is 6.37. The van der Waals surface area contributed by atoms with Crippen molar-refractivity contribution in [3.63, 3.8) is 0 Å². The number of hydrogen-bond acceptors (Lipinski definition) is 3. The zero-order chi connectivity index (χ0) is 37.5. The van der Waals surface area contributed by atoms with Crippen LogP contribution in [0.15, 0.2) is 199 Å². The van der Waals surface area contributed by atoms with Gasteiger partial charge in [-0.15, -0.1) is 11.3 Å². The summed E-state index contributed by atoms with van der Waals surface area (Å²) in [6.45, 7) is 0. The van der Waals surface area contributed by atoms with Crippen LogP contribution in [-0.4, -0.2) is 9.55 Å². The molecule has 0 bridgehead atoms. The molecule has 0 atom stereocenters. The molecule has 0 aliphatic rings. The lowest BCUT2D eigenvalue weighted by Gasteiger charge is -2.11. The largest absolute Gasteiger partial charge is 0.456 e. The van der Waals surface area contributed by atoms with Crippen LogP contribution in [0, 0.1) is 0 Å². The summed E-state index contributed by atoms with van der Waals surface area (Å²) in [6, 6.07) is 67.9. The second kappa shape index (κ2) is 12.6. The van der Waals surface area contributed by atoms with Gasteiger partial charge in [0.2, 0.25) is 0 Å².